The van der Waals surface area contributed by atoms with Gasteiger partial charge in [-0.2, -0.15) is 5.10 Å². The summed E-state index contributed by atoms with van der Waals surface area (Å²) < 4.78 is 30.4. The molecule has 0 aliphatic carbocycles. The number of aromatic amines is 1. The molecule has 1 amide bonds. The molecule has 2 aromatic heterocycles. The van der Waals surface area contributed by atoms with Crippen LogP contribution >= 0.6 is 0 Å². The van der Waals surface area contributed by atoms with Gasteiger partial charge in [-0.25, -0.2) is 14.4 Å². The number of hydrogen-bond acceptors (Lipinski definition) is 10. The Balaban J connectivity index is 1.51. The summed E-state index contributed by atoms with van der Waals surface area (Å²) in [5, 5.41) is 22.7. The molecule has 0 saturated carbocycles. The fourth-order valence-electron chi connectivity index (χ4n) is 3.84. The summed E-state index contributed by atoms with van der Waals surface area (Å²) in [7, 11) is 3.50. The first-order chi connectivity index (χ1) is 19.4. The van der Waals surface area contributed by atoms with Crippen molar-refractivity contribution in [3.63, 3.8) is 0 Å². The minimum atomic E-state index is -0.433. The second-order valence-corrected chi connectivity index (χ2v) is 8.89. The average Bonchev–Trinajstić information content (AvgIpc) is 3.35. The summed E-state index contributed by atoms with van der Waals surface area (Å²) in [5.74, 6) is 1.21. The Morgan fingerprint density at radius 1 is 1.10 bits per heavy atom. The van der Waals surface area contributed by atoms with E-state index in [4.69, 9.17) is 19.3 Å². The van der Waals surface area contributed by atoms with Crippen molar-refractivity contribution < 1.29 is 28.5 Å². The van der Waals surface area contributed by atoms with Gasteiger partial charge < -0.3 is 34.9 Å². The van der Waals surface area contributed by atoms with Gasteiger partial charge in [-0.15, -0.1) is 0 Å². The number of nitrogens with one attached hydrogen (secondary N) is 3. The Morgan fingerprint density at radius 3 is 2.77 bits per heavy atom. The van der Waals surface area contributed by atoms with Crippen LogP contribution in [-0.2, 0) is 16.0 Å². The topological polar surface area (TPSA) is 147 Å². The summed E-state index contributed by atoms with van der Waals surface area (Å²) in [6, 6.07) is 10.9. The van der Waals surface area contributed by atoms with Crippen LogP contribution in [0.25, 0.3) is 10.9 Å². The quantitative estimate of drug-likeness (QED) is 0.162. The third-order valence-electron chi connectivity index (χ3n) is 5.78. The van der Waals surface area contributed by atoms with Crippen molar-refractivity contribution in [2.45, 2.75) is 6.42 Å². The molecule has 4 aromatic rings. The molecule has 0 saturated heterocycles. The van der Waals surface area contributed by atoms with E-state index >= 15 is 0 Å². The number of carbonyl (C=O) groups excluding carboxylic acids is 1. The van der Waals surface area contributed by atoms with Crippen LogP contribution in [-0.4, -0.2) is 89.8 Å². The van der Waals surface area contributed by atoms with Crippen LogP contribution in [0.4, 0.5) is 21.7 Å². The zero-order chi connectivity index (χ0) is 28.3. The fourth-order valence-corrected chi connectivity index (χ4v) is 3.84. The van der Waals surface area contributed by atoms with Gasteiger partial charge in [0.05, 0.1) is 30.5 Å². The fraction of sp³-hybridized carbons (Fsp3) is 0.333. The number of benzene rings is 2. The number of anilines is 3. The van der Waals surface area contributed by atoms with Gasteiger partial charge in [0.1, 0.15) is 42.7 Å². The largest absolute Gasteiger partial charge is 0.491 e. The number of aliphatic hydroxyl groups is 1. The summed E-state index contributed by atoms with van der Waals surface area (Å²) in [4.78, 5) is 23.2. The molecule has 0 unspecified atom stereocenters. The molecule has 212 valence electrons. The van der Waals surface area contributed by atoms with Crippen LogP contribution in [0.5, 0.6) is 11.5 Å². The Labute approximate surface area is 230 Å². The zero-order valence-electron chi connectivity index (χ0n) is 22.3. The molecule has 4 rings (SSSR count). The average molecular weight is 554 g/mol. The van der Waals surface area contributed by atoms with Gasteiger partial charge in [-0.1, -0.05) is 6.07 Å². The first kappa shape index (κ1) is 28.7. The second-order valence-electron chi connectivity index (χ2n) is 8.89. The van der Waals surface area contributed by atoms with Crippen LogP contribution in [0.2, 0.25) is 0 Å². The molecule has 0 atom stereocenters. The lowest BCUT2D eigenvalue weighted by Gasteiger charge is -2.17. The highest BCUT2D eigenvalue weighted by Gasteiger charge is 2.16. The minimum absolute atomic E-state index is 0.00755. The normalized spacial score (nSPS) is 11.1. The number of ether oxygens (including phenoxy) is 3. The predicted octanol–water partition coefficient (Wildman–Crippen LogP) is 2.74. The maximum atomic E-state index is 13.4. The number of rotatable bonds is 15. The molecule has 13 heteroatoms. The molecular formula is C27H32FN7O5. The molecular weight excluding hydrogens is 521 g/mol. The molecule has 0 fully saturated rings. The predicted molar refractivity (Wildman–Crippen MR) is 148 cm³/mol. The molecule has 40 heavy (non-hydrogen) atoms. The van der Waals surface area contributed by atoms with Crippen molar-refractivity contribution in [2.24, 2.45) is 0 Å². The van der Waals surface area contributed by atoms with Gasteiger partial charge >= 0.3 is 0 Å². The highest BCUT2D eigenvalue weighted by Crippen LogP contribution is 2.35. The maximum absolute atomic E-state index is 13.4. The smallest absolute Gasteiger partial charge is 0.230 e. The molecule has 0 aliphatic heterocycles. The highest BCUT2D eigenvalue weighted by atomic mass is 19.1. The van der Waals surface area contributed by atoms with Gasteiger partial charge in [0.15, 0.2) is 5.82 Å². The Kier molecular flexibility index (Phi) is 10.2. The number of aliphatic hydroxyl groups excluding tert-OH is 1. The van der Waals surface area contributed by atoms with Crippen LogP contribution < -0.4 is 20.1 Å². The van der Waals surface area contributed by atoms with Crippen LogP contribution in [0.3, 0.4) is 0 Å². The molecule has 0 aliphatic rings. The second kappa shape index (κ2) is 14.2. The van der Waals surface area contributed by atoms with E-state index in [1.807, 2.05) is 11.9 Å². The van der Waals surface area contributed by atoms with Crippen molar-refractivity contribution >= 4 is 34.1 Å². The molecule has 0 bridgehead atoms. The molecule has 0 radical (unpaired) electrons. The van der Waals surface area contributed by atoms with Crippen LogP contribution in [0, 0.1) is 5.82 Å². The first-order valence-electron chi connectivity index (χ1n) is 12.6. The van der Waals surface area contributed by atoms with E-state index in [9.17, 15) is 9.18 Å². The number of halogens is 1. The van der Waals surface area contributed by atoms with Gasteiger partial charge in [0, 0.05) is 49.8 Å². The number of likely N-dealkylation sites (N-methyl/N-ethyl adjacent to an activating group) is 1. The van der Waals surface area contributed by atoms with Crippen molar-refractivity contribution in [1.29, 1.82) is 0 Å². The van der Waals surface area contributed by atoms with Crippen molar-refractivity contribution in [1.82, 2.24) is 25.1 Å². The van der Waals surface area contributed by atoms with E-state index in [0.29, 0.717) is 78.3 Å². The number of fused-ring (bicyclic) bond motifs is 1. The molecule has 0 spiro atoms. The maximum Gasteiger partial charge on any atom is 0.230 e. The molecule has 2 heterocycles. The lowest BCUT2D eigenvalue weighted by atomic mass is 10.2. The van der Waals surface area contributed by atoms with E-state index in [1.165, 1.54) is 24.5 Å². The van der Waals surface area contributed by atoms with Gasteiger partial charge in [-0.05, 0) is 25.2 Å². The number of H-pyrrole nitrogens is 1. The number of carbonyl (C=O) groups is 1. The zero-order valence-corrected chi connectivity index (χ0v) is 22.3. The van der Waals surface area contributed by atoms with E-state index in [1.54, 1.807) is 31.4 Å². The minimum Gasteiger partial charge on any atom is -0.491 e. The summed E-state index contributed by atoms with van der Waals surface area (Å²) in [5.41, 5.74) is 1.51. The van der Waals surface area contributed by atoms with Gasteiger partial charge in [0.25, 0.3) is 0 Å². The van der Waals surface area contributed by atoms with Crippen molar-refractivity contribution in [3.8, 4) is 11.5 Å². The monoisotopic (exact) mass is 553 g/mol. The number of aromatic nitrogens is 4. The van der Waals surface area contributed by atoms with E-state index < -0.39 is 5.82 Å². The van der Waals surface area contributed by atoms with Crippen LogP contribution in [0.1, 0.15) is 5.69 Å². The van der Waals surface area contributed by atoms with Crippen molar-refractivity contribution in [3.05, 3.63) is 60.3 Å². The lowest BCUT2D eigenvalue weighted by molar-refractivity contribution is -0.115. The lowest BCUT2D eigenvalue weighted by Crippen LogP contribution is -2.27. The third-order valence-corrected chi connectivity index (χ3v) is 5.78. The summed E-state index contributed by atoms with van der Waals surface area (Å²) in [6.07, 6.45) is 1.43. The highest BCUT2D eigenvalue weighted by molar-refractivity contribution is 5.96. The Hall–Kier alpha value is -4.33. The number of amides is 1. The molecule has 2 aromatic carbocycles. The molecule has 12 nitrogen and oxygen atoms in total. The van der Waals surface area contributed by atoms with E-state index in [-0.39, 0.29) is 18.9 Å². The first-order valence-corrected chi connectivity index (χ1v) is 12.6. The number of methoxy groups -OCH3 is 1. The van der Waals surface area contributed by atoms with Crippen LogP contribution in [0.15, 0.2) is 48.8 Å². The summed E-state index contributed by atoms with van der Waals surface area (Å²) in [6.45, 7) is 2.32. The Bertz CT molecular complexity index is 1420. The number of nitrogens with zero attached hydrogens (tertiary/aromatic N) is 4. The summed E-state index contributed by atoms with van der Waals surface area (Å²) >= 11 is 0. The van der Waals surface area contributed by atoms with E-state index in [2.05, 4.69) is 30.8 Å². The molecule has 4 N–H and O–H groups in total. The SMILES string of the molecule is COCCOc1cc(OCCN(C)CCO)c2c(Nc3cc(CC(=O)Nc4cccc(F)c4)[nH]n3)ncnc2c1. The van der Waals surface area contributed by atoms with E-state index in [0.717, 1.165) is 0 Å². The van der Waals surface area contributed by atoms with Crippen molar-refractivity contribution in [2.75, 3.05) is 64.3 Å². The van der Waals surface area contributed by atoms with Gasteiger partial charge in [0.2, 0.25) is 5.91 Å². The number of hydrogen-bond donors (Lipinski definition) is 4. The van der Waals surface area contributed by atoms with Gasteiger partial charge in [-0.3, -0.25) is 9.89 Å². The Morgan fingerprint density at radius 2 is 1.98 bits per heavy atom. The standard InChI is InChI=1S/C27H32FN7O5/c1-35(6-8-36)7-9-40-23-16-21(39-11-10-38-2)15-22-26(23)27(30-17-29-22)32-24-13-20(33-34-24)14-25(37)31-19-5-3-4-18(28)12-19/h3-5,12-13,15-17,36H,6-11,14H2,1-2H3,(H,31,37)(H2,29,30,32,33,34). The third kappa shape index (κ3) is 8.09.